The lowest BCUT2D eigenvalue weighted by Gasteiger charge is -2.27. The molecule has 2 unspecified atom stereocenters. The molecule has 0 amide bonds. The molecule has 0 bridgehead atoms. The average Bonchev–Trinajstić information content (AvgIpc) is 2.32. The monoisotopic (exact) mass is 251 g/mol. The van der Waals surface area contributed by atoms with Crippen molar-refractivity contribution in [1.82, 2.24) is 0 Å². The van der Waals surface area contributed by atoms with Crippen molar-refractivity contribution in [2.24, 2.45) is 11.7 Å². The summed E-state index contributed by atoms with van der Waals surface area (Å²) in [4.78, 5) is 12.2. The Bertz CT molecular complexity index is 405. The van der Waals surface area contributed by atoms with E-state index in [9.17, 15) is 4.79 Å². The van der Waals surface area contributed by atoms with E-state index in [-0.39, 0.29) is 17.7 Å². The summed E-state index contributed by atoms with van der Waals surface area (Å²) in [6.07, 6.45) is 4.59. The summed E-state index contributed by atoms with van der Waals surface area (Å²) in [5.41, 5.74) is 6.93. The van der Waals surface area contributed by atoms with E-state index in [0.29, 0.717) is 11.4 Å². The number of Topliss-reactive ketones (excluding diaryl/α,β-unsaturated/α-hetero) is 1. The molecule has 0 heterocycles. The number of ketones is 1. The number of carbonyl (C=O) groups is 1. The average molecular weight is 252 g/mol. The molecule has 1 aliphatic rings. The van der Waals surface area contributed by atoms with E-state index in [4.69, 9.17) is 17.3 Å². The molecule has 2 nitrogen and oxygen atoms in total. The number of benzene rings is 1. The zero-order valence-corrected chi connectivity index (χ0v) is 10.6. The molecule has 3 heteroatoms. The van der Waals surface area contributed by atoms with Crippen molar-refractivity contribution in [3.63, 3.8) is 0 Å². The predicted molar refractivity (Wildman–Crippen MR) is 70.1 cm³/mol. The second-order valence-electron chi connectivity index (χ2n) is 4.79. The summed E-state index contributed by atoms with van der Waals surface area (Å²) >= 11 is 6.06. The highest BCUT2D eigenvalue weighted by atomic mass is 35.5. The van der Waals surface area contributed by atoms with Gasteiger partial charge in [-0.15, -0.1) is 0 Å². The first-order valence-corrected chi connectivity index (χ1v) is 6.58. The highest BCUT2D eigenvalue weighted by molar-refractivity contribution is 6.31. The molecule has 1 saturated carbocycles. The number of hydrogen-bond donors (Lipinski definition) is 1. The van der Waals surface area contributed by atoms with Crippen molar-refractivity contribution in [2.45, 2.75) is 38.1 Å². The van der Waals surface area contributed by atoms with E-state index < -0.39 is 0 Å². The number of hydrogen-bond acceptors (Lipinski definition) is 2. The van der Waals surface area contributed by atoms with E-state index >= 15 is 0 Å². The topological polar surface area (TPSA) is 43.1 Å². The van der Waals surface area contributed by atoms with Crippen molar-refractivity contribution in [3.05, 3.63) is 34.9 Å². The maximum atomic E-state index is 12.2. The van der Waals surface area contributed by atoms with Crippen LogP contribution in [0.15, 0.2) is 24.3 Å². The van der Waals surface area contributed by atoms with Crippen molar-refractivity contribution in [2.75, 3.05) is 0 Å². The highest BCUT2D eigenvalue weighted by Crippen LogP contribution is 2.26. The predicted octanol–water partition coefficient (Wildman–Crippen LogP) is 2.97. The van der Waals surface area contributed by atoms with Crippen LogP contribution in [-0.4, -0.2) is 11.8 Å². The molecule has 2 rings (SSSR count). The van der Waals surface area contributed by atoms with Crippen molar-refractivity contribution < 1.29 is 4.79 Å². The van der Waals surface area contributed by atoms with Gasteiger partial charge in [0.05, 0.1) is 0 Å². The van der Waals surface area contributed by atoms with Gasteiger partial charge in [0.15, 0.2) is 0 Å². The summed E-state index contributed by atoms with van der Waals surface area (Å²) in [6.45, 7) is 0. The summed E-state index contributed by atoms with van der Waals surface area (Å²) in [7, 11) is 0. The Balaban J connectivity index is 2.03. The third kappa shape index (κ3) is 3.08. The molecule has 1 fully saturated rings. The second-order valence-corrected chi connectivity index (χ2v) is 5.20. The minimum Gasteiger partial charge on any atom is -0.327 e. The quantitative estimate of drug-likeness (QED) is 0.898. The Morgan fingerprint density at radius 1 is 1.29 bits per heavy atom. The number of rotatable bonds is 3. The Labute approximate surface area is 107 Å². The smallest absolute Gasteiger partial charge is 0.141 e. The molecule has 0 aromatic heterocycles. The zero-order valence-electron chi connectivity index (χ0n) is 9.86. The van der Waals surface area contributed by atoms with Gasteiger partial charge >= 0.3 is 0 Å². The molecule has 1 aromatic rings. The first-order chi connectivity index (χ1) is 8.18. The number of carbonyl (C=O) groups excluding carboxylic acids is 1. The normalized spacial score (nSPS) is 24.6. The van der Waals surface area contributed by atoms with Crippen molar-refractivity contribution in [3.8, 4) is 0 Å². The molecule has 0 aliphatic heterocycles. The van der Waals surface area contributed by atoms with E-state index in [2.05, 4.69) is 0 Å². The van der Waals surface area contributed by atoms with E-state index in [1.165, 1.54) is 0 Å². The zero-order chi connectivity index (χ0) is 12.3. The van der Waals surface area contributed by atoms with Gasteiger partial charge in [0.25, 0.3) is 0 Å². The van der Waals surface area contributed by atoms with Gasteiger partial charge in [0.1, 0.15) is 5.78 Å². The summed E-state index contributed by atoms with van der Waals surface area (Å²) in [6, 6.07) is 7.57. The van der Waals surface area contributed by atoms with Gasteiger partial charge in [-0.05, 0) is 24.5 Å². The SMILES string of the molecule is NC1CCCCC1C(=O)Cc1ccccc1Cl. The number of nitrogens with two attached hydrogens (primary N) is 1. The third-order valence-corrected chi connectivity index (χ3v) is 3.92. The minimum absolute atomic E-state index is 0.0278. The van der Waals surface area contributed by atoms with Gasteiger partial charge in [0, 0.05) is 23.4 Å². The Morgan fingerprint density at radius 2 is 2.00 bits per heavy atom. The molecule has 92 valence electrons. The fourth-order valence-corrected chi connectivity index (χ4v) is 2.72. The van der Waals surface area contributed by atoms with Crippen LogP contribution in [0.3, 0.4) is 0 Å². The van der Waals surface area contributed by atoms with Crippen LogP contribution in [-0.2, 0) is 11.2 Å². The molecule has 1 aliphatic carbocycles. The van der Waals surface area contributed by atoms with Crippen LogP contribution in [0.25, 0.3) is 0 Å². The first kappa shape index (κ1) is 12.6. The molecule has 2 N–H and O–H groups in total. The van der Waals surface area contributed by atoms with Gasteiger partial charge in [0.2, 0.25) is 0 Å². The Hall–Kier alpha value is -0.860. The lowest BCUT2D eigenvalue weighted by molar-refractivity contribution is -0.123. The van der Waals surface area contributed by atoms with Gasteiger partial charge in [-0.1, -0.05) is 42.6 Å². The largest absolute Gasteiger partial charge is 0.327 e. The highest BCUT2D eigenvalue weighted by Gasteiger charge is 2.28. The van der Waals surface area contributed by atoms with Crippen LogP contribution in [0.2, 0.25) is 5.02 Å². The van der Waals surface area contributed by atoms with Crippen LogP contribution < -0.4 is 5.73 Å². The fourth-order valence-electron chi connectivity index (χ4n) is 2.52. The van der Waals surface area contributed by atoms with E-state index in [1.807, 2.05) is 24.3 Å². The summed E-state index contributed by atoms with van der Waals surface area (Å²) in [5.74, 6) is 0.269. The number of halogens is 1. The van der Waals surface area contributed by atoms with E-state index in [1.54, 1.807) is 0 Å². The Kier molecular flexibility index (Phi) is 4.19. The molecular weight excluding hydrogens is 234 g/mol. The minimum atomic E-state index is 0.0278. The van der Waals surface area contributed by atoms with Crippen LogP contribution >= 0.6 is 11.6 Å². The van der Waals surface area contributed by atoms with Gasteiger partial charge in [-0.3, -0.25) is 4.79 Å². The maximum Gasteiger partial charge on any atom is 0.141 e. The standard InChI is InChI=1S/C14H18ClNO/c15-12-7-3-1-5-10(12)9-14(17)11-6-2-4-8-13(11)16/h1,3,5,7,11,13H,2,4,6,8-9,16H2. The van der Waals surface area contributed by atoms with Crippen LogP contribution in [0.5, 0.6) is 0 Å². The summed E-state index contributed by atoms with van der Waals surface area (Å²) < 4.78 is 0. The van der Waals surface area contributed by atoms with Gasteiger partial charge < -0.3 is 5.73 Å². The molecule has 2 atom stereocenters. The van der Waals surface area contributed by atoms with E-state index in [0.717, 1.165) is 31.2 Å². The molecule has 1 aromatic carbocycles. The molecule has 0 spiro atoms. The third-order valence-electron chi connectivity index (χ3n) is 3.56. The molecular formula is C14H18ClNO. The first-order valence-electron chi connectivity index (χ1n) is 6.20. The van der Waals surface area contributed by atoms with Gasteiger partial charge in [-0.25, -0.2) is 0 Å². The van der Waals surface area contributed by atoms with Crippen LogP contribution in [0.4, 0.5) is 0 Å². The van der Waals surface area contributed by atoms with Crippen LogP contribution in [0.1, 0.15) is 31.2 Å². The Morgan fingerprint density at radius 3 is 2.71 bits per heavy atom. The molecule has 0 saturated heterocycles. The van der Waals surface area contributed by atoms with Gasteiger partial charge in [-0.2, -0.15) is 0 Å². The maximum absolute atomic E-state index is 12.2. The lowest BCUT2D eigenvalue weighted by atomic mass is 9.81. The summed E-state index contributed by atoms with van der Waals surface area (Å²) in [5, 5.41) is 0.672. The van der Waals surface area contributed by atoms with Crippen molar-refractivity contribution >= 4 is 17.4 Å². The molecule has 0 radical (unpaired) electrons. The van der Waals surface area contributed by atoms with Crippen molar-refractivity contribution in [1.29, 1.82) is 0 Å². The molecule has 17 heavy (non-hydrogen) atoms. The second kappa shape index (κ2) is 5.65. The van der Waals surface area contributed by atoms with Crippen LogP contribution in [0, 0.1) is 5.92 Å². The lowest BCUT2D eigenvalue weighted by Crippen LogP contribution is -2.38. The fraction of sp³-hybridized carbons (Fsp3) is 0.500.